The average Bonchev–Trinajstić information content (AvgIpc) is 2.89. The summed E-state index contributed by atoms with van der Waals surface area (Å²) < 4.78 is 5.94. The number of benzene rings is 3. The third-order valence-electron chi connectivity index (χ3n) is 6.25. The molecule has 0 amide bonds. The van der Waals surface area contributed by atoms with Gasteiger partial charge in [0.2, 0.25) is 0 Å². The van der Waals surface area contributed by atoms with E-state index in [1.165, 1.54) is 16.7 Å². The van der Waals surface area contributed by atoms with Crippen molar-refractivity contribution in [2.45, 2.75) is 38.8 Å². The van der Waals surface area contributed by atoms with E-state index in [4.69, 9.17) is 9.84 Å². The molecule has 0 radical (unpaired) electrons. The third-order valence-corrected chi connectivity index (χ3v) is 6.25. The van der Waals surface area contributed by atoms with Crippen LogP contribution in [0.25, 0.3) is 5.57 Å². The van der Waals surface area contributed by atoms with Gasteiger partial charge in [0.05, 0.1) is 12.3 Å². The van der Waals surface area contributed by atoms with Gasteiger partial charge in [0.1, 0.15) is 12.4 Å². The second kappa shape index (κ2) is 12.1. The zero-order valence-corrected chi connectivity index (χ0v) is 20.1. The Bertz CT molecular complexity index is 1200. The molecule has 1 unspecified atom stereocenters. The molecule has 35 heavy (non-hydrogen) atoms. The number of ether oxygens (including phenoxy) is 1. The maximum Gasteiger partial charge on any atom is 0.304 e. The van der Waals surface area contributed by atoms with Crippen LogP contribution in [0, 0.1) is 11.8 Å². The first-order valence-electron chi connectivity index (χ1n) is 12.0. The van der Waals surface area contributed by atoms with Crippen molar-refractivity contribution in [2.75, 3.05) is 13.1 Å². The van der Waals surface area contributed by atoms with Gasteiger partial charge in [-0.2, -0.15) is 0 Å². The van der Waals surface area contributed by atoms with Crippen LogP contribution in [0.4, 0.5) is 0 Å². The molecule has 0 saturated heterocycles. The van der Waals surface area contributed by atoms with E-state index in [2.05, 4.69) is 77.4 Å². The summed E-state index contributed by atoms with van der Waals surface area (Å²) in [5, 5.41) is 9.10. The van der Waals surface area contributed by atoms with Gasteiger partial charge in [-0.15, -0.1) is 5.92 Å². The zero-order valence-electron chi connectivity index (χ0n) is 20.1. The highest BCUT2D eigenvalue weighted by Crippen LogP contribution is 2.24. The summed E-state index contributed by atoms with van der Waals surface area (Å²) in [6.45, 7) is 5.20. The third kappa shape index (κ3) is 7.09. The molecule has 4 heteroatoms. The van der Waals surface area contributed by atoms with Crippen molar-refractivity contribution in [3.8, 4) is 17.6 Å². The van der Waals surface area contributed by atoms with Gasteiger partial charge in [0.25, 0.3) is 0 Å². The number of aliphatic carboxylic acids is 1. The lowest BCUT2D eigenvalue weighted by molar-refractivity contribution is -0.137. The van der Waals surface area contributed by atoms with E-state index >= 15 is 0 Å². The van der Waals surface area contributed by atoms with Crippen LogP contribution >= 0.6 is 0 Å². The molecule has 0 aliphatic carbocycles. The predicted octanol–water partition coefficient (Wildman–Crippen LogP) is 6.14. The minimum Gasteiger partial charge on any atom is -0.489 e. The Morgan fingerprint density at radius 2 is 1.71 bits per heavy atom. The fourth-order valence-electron chi connectivity index (χ4n) is 4.33. The maximum atomic E-state index is 11.1. The molecule has 3 aromatic carbocycles. The molecule has 3 aromatic rings. The normalized spacial score (nSPS) is 14.4. The van der Waals surface area contributed by atoms with Crippen LogP contribution in [-0.4, -0.2) is 29.1 Å². The minimum absolute atomic E-state index is 0.00467. The first-order valence-corrected chi connectivity index (χ1v) is 12.0. The van der Waals surface area contributed by atoms with E-state index in [-0.39, 0.29) is 12.3 Å². The summed E-state index contributed by atoms with van der Waals surface area (Å²) in [6, 6.07) is 26.8. The van der Waals surface area contributed by atoms with Crippen LogP contribution in [0.1, 0.15) is 47.9 Å². The van der Waals surface area contributed by atoms with Gasteiger partial charge in [-0.05, 0) is 53.3 Å². The Morgan fingerprint density at radius 3 is 2.34 bits per heavy atom. The Labute approximate surface area is 207 Å². The summed E-state index contributed by atoms with van der Waals surface area (Å²) in [6.07, 6.45) is 3.43. The first kappa shape index (κ1) is 24.3. The van der Waals surface area contributed by atoms with E-state index in [0.29, 0.717) is 6.61 Å². The van der Waals surface area contributed by atoms with Crippen molar-refractivity contribution >= 4 is 11.5 Å². The van der Waals surface area contributed by atoms with Crippen LogP contribution < -0.4 is 4.74 Å². The smallest absolute Gasteiger partial charge is 0.304 e. The van der Waals surface area contributed by atoms with Crippen LogP contribution in [0.5, 0.6) is 5.75 Å². The number of hydrogen-bond donors (Lipinski definition) is 1. The minimum atomic E-state index is -0.852. The summed E-state index contributed by atoms with van der Waals surface area (Å²) in [5.41, 5.74) is 6.08. The SMILES string of the molecule is CC#CC(CC(=O)O)c1ccc(OCc2ccc(CN3CC=C(c4ccccc4)CC3)cc2)cc1. The number of carbonyl (C=O) groups is 1. The monoisotopic (exact) mass is 465 g/mol. The molecule has 1 heterocycles. The van der Waals surface area contributed by atoms with Gasteiger partial charge < -0.3 is 9.84 Å². The van der Waals surface area contributed by atoms with E-state index in [1.807, 2.05) is 24.3 Å². The van der Waals surface area contributed by atoms with Crippen LogP contribution in [0.3, 0.4) is 0 Å². The summed E-state index contributed by atoms with van der Waals surface area (Å²) in [5.74, 6) is 5.39. The van der Waals surface area contributed by atoms with Crippen molar-refractivity contribution < 1.29 is 14.6 Å². The fraction of sp³-hybridized carbons (Fsp3) is 0.258. The van der Waals surface area contributed by atoms with Gasteiger partial charge in [-0.3, -0.25) is 9.69 Å². The van der Waals surface area contributed by atoms with E-state index < -0.39 is 5.97 Å². The Balaban J connectivity index is 1.27. The summed E-state index contributed by atoms with van der Waals surface area (Å²) in [4.78, 5) is 13.6. The summed E-state index contributed by atoms with van der Waals surface area (Å²) >= 11 is 0. The molecule has 0 saturated carbocycles. The second-order valence-corrected chi connectivity index (χ2v) is 8.80. The molecule has 178 valence electrons. The molecule has 1 aliphatic heterocycles. The highest BCUT2D eigenvalue weighted by molar-refractivity contribution is 5.69. The van der Waals surface area contributed by atoms with Crippen molar-refractivity contribution in [1.29, 1.82) is 0 Å². The topological polar surface area (TPSA) is 49.8 Å². The highest BCUT2D eigenvalue weighted by Gasteiger charge is 2.14. The molecule has 1 N–H and O–H groups in total. The van der Waals surface area contributed by atoms with Crippen molar-refractivity contribution in [2.24, 2.45) is 0 Å². The van der Waals surface area contributed by atoms with Gasteiger partial charge in [0.15, 0.2) is 0 Å². The maximum absolute atomic E-state index is 11.1. The number of carboxylic acid groups (broad SMARTS) is 1. The average molecular weight is 466 g/mol. The molecule has 4 nitrogen and oxygen atoms in total. The lowest BCUT2D eigenvalue weighted by Crippen LogP contribution is -2.28. The molecule has 1 aliphatic rings. The van der Waals surface area contributed by atoms with E-state index in [1.54, 1.807) is 6.92 Å². The van der Waals surface area contributed by atoms with Gasteiger partial charge in [0, 0.05) is 19.6 Å². The molecule has 0 aromatic heterocycles. The molecule has 4 rings (SSSR count). The highest BCUT2D eigenvalue weighted by atomic mass is 16.5. The lowest BCUT2D eigenvalue weighted by atomic mass is 9.96. The standard InChI is InChI=1S/C31H31NO3/c1-2-6-29(21-31(33)34)27-13-15-30(16-14-27)35-23-25-11-9-24(10-12-25)22-32-19-17-28(18-20-32)26-7-4-3-5-8-26/h3-5,7-17,29H,18-23H2,1H3,(H,33,34). The molecule has 0 fully saturated rings. The Hall–Kier alpha value is -3.81. The van der Waals surface area contributed by atoms with Crippen molar-refractivity contribution in [3.63, 3.8) is 0 Å². The number of nitrogens with zero attached hydrogens (tertiary/aromatic N) is 1. The molecule has 0 spiro atoms. The second-order valence-electron chi connectivity index (χ2n) is 8.80. The zero-order chi connectivity index (χ0) is 24.5. The largest absolute Gasteiger partial charge is 0.489 e. The number of rotatable bonds is 9. The number of carboxylic acids is 1. The van der Waals surface area contributed by atoms with E-state index in [9.17, 15) is 4.79 Å². The van der Waals surface area contributed by atoms with Crippen LogP contribution in [0.15, 0.2) is 84.9 Å². The van der Waals surface area contributed by atoms with Gasteiger partial charge >= 0.3 is 5.97 Å². The molecular weight excluding hydrogens is 434 g/mol. The van der Waals surface area contributed by atoms with Crippen molar-refractivity contribution in [3.05, 3.63) is 107 Å². The number of hydrogen-bond acceptors (Lipinski definition) is 3. The van der Waals surface area contributed by atoms with Gasteiger partial charge in [-0.25, -0.2) is 0 Å². The Morgan fingerprint density at radius 1 is 1.00 bits per heavy atom. The molecular formula is C31H31NO3. The Kier molecular flexibility index (Phi) is 8.38. The molecule has 0 bridgehead atoms. The summed E-state index contributed by atoms with van der Waals surface area (Å²) in [7, 11) is 0. The predicted molar refractivity (Wildman–Crippen MR) is 140 cm³/mol. The lowest BCUT2D eigenvalue weighted by Gasteiger charge is -2.26. The fourth-order valence-corrected chi connectivity index (χ4v) is 4.33. The van der Waals surface area contributed by atoms with Crippen LogP contribution in [-0.2, 0) is 17.9 Å². The molecule has 1 atom stereocenters. The first-order chi connectivity index (χ1) is 17.1. The van der Waals surface area contributed by atoms with E-state index in [0.717, 1.165) is 42.9 Å². The quantitative estimate of drug-likeness (QED) is 0.386. The van der Waals surface area contributed by atoms with Gasteiger partial charge in [-0.1, -0.05) is 78.7 Å². The van der Waals surface area contributed by atoms with Crippen molar-refractivity contribution in [1.82, 2.24) is 4.90 Å². The van der Waals surface area contributed by atoms with Crippen LogP contribution in [0.2, 0.25) is 0 Å².